The van der Waals surface area contributed by atoms with Crippen LogP contribution in [0.15, 0.2) is 83.8 Å². The maximum Gasteiger partial charge on any atom is 0.328 e. The Morgan fingerprint density at radius 2 is 1.63 bits per heavy atom. The highest BCUT2D eigenvalue weighted by molar-refractivity contribution is 7.90. The quantitative estimate of drug-likeness (QED) is 0.329. The molecule has 3 aromatic rings. The minimum absolute atomic E-state index is 0.191. The summed E-state index contributed by atoms with van der Waals surface area (Å²) in [6, 6.07) is 24.4. The predicted octanol–water partition coefficient (Wildman–Crippen LogP) is 5.11. The molecule has 0 amide bonds. The summed E-state index contributed by atoms with van der Waals surface area (Å²) in [5.74, 6) is -0.483. The fourth-order valence-electron chi connectivity index (χ4n) is 2.73. The first-order chi connectivity index (χ1) is 13.1. The van der Waals surface area contributed by atoms with Crippen molar-refractivity contribution in [3.05, 3.63) is 90.0 Å². The average Bonchev–Trinajstić information content (AvgIpc) is 2.72. The lowest BCUT2D eigenvalue weighted by atomic mass is 10.0. The zero-order valence-electron chi connectivity index (χ0n) is 14.8. The zero-order valence-corrected chi connectivity index (χ0v) is 16.4. The Morgan fingerprint density at radius 1 is 1.00 bits per heavy atom. The van der Waals surface area contributed by atoms with Gasteiger partial charge in [-0.3, -0.25) is 4.79 Å². The number of carbonyl (C=O) groups excluding carboxylic acids is 1. The van der Waals surface area contributed by atoms with Crippen molar-refractivity contribution in [2.24, 2.45) is 0 Å². The van der Waals surface area contributed by atoms with E-state index in [1.807, 2.05) is 66.7 Å². The smallest absolute Gasteiger partial charge is 0.328 e. The van der Waals surface area contributed by atoms with Crippen LogP contribution < -0.4 is 0 Å². The van der Waals surface area contributed by atoms with E-state index in [1.54, 1.807) is 18.4 Å². The van der Waals surface area contributed by atoms with Gasteiger partial charge in [-0.05, 0) is 40.0 Å². The van der Waals surface area contributed by atoms with Crippen molar-refractivity contribution < 1.29 is 14.1 Å². The van der Waals surface area contributed by atoms with E-state index in [4.69, 9.17) is 16.3 Å². The van der Waals surface area contributed by atoms with Crippen molar-refractivity contribution in [1.82, 2.24) is 0 Å². The van der Waals surface area contributed by atoms with E-state index >= 15 is 0 Å². The molecule has 2 atom stereocenters. The summed E-state index contributed by atoms with van der Waals surface area (Å²) in [5.41, 5.74) is 3.40. The molecular weight excluding hydrogens is 380 g/mol. The van der Waals surface area contributed by atoms with Gasteiger partial charge in [-0.2, -0.15) is 0 Å². The van der Waals surface area contributed by atoms with E-state index in [2.05, 4.69) is 0 Å². The van der Waals surface area contributed by atoms with Gasteiger partial charge < -0.3 is 9.29 Å². The van der Waals surface area contributed by atoms with Crippen LogP contribution in [0, 0.1) is 0 Å². The van der Waals surface area contributed by atoms with Crippen LogP contribution in [-0.4, -0.2) is 16.8 Å². The highest BCUT2D eigenvalue weighted by atomic mass is 35.5. The fourth-order valence-corrected chi connectivity index (χ4v) is 3.70. The van der Waals surface area contributed by atoms with Crippen LogP contribution in [0.4, 0.5) is 0 Å². The van der Waals surface area contributed by atoms with Crippen LogP contribution >= 0.6 is 11.6 Å². The third-order valence-corrected chi connectivity index (χ3v) is 5.55. The van der Waals surface area contributed by atoms with E-state index in [9.17, 15) is 9.35 Å². The minimum Gasteiger partial charge on any atom is -0.612 e. The third-order valence-electron chi connectivity index (χ3n) is 4.14. The molecule has 0 aliphatic rings. The van der Waals surface area contributed by atoms with Crippen LogP contribution in [-0.2, 0) is 27.3 Å². The van der Waals surface area contributed by atoms with Gasteiger partial charge in [0.2, 0.25) is 0 Å². The molecule has 0 aliphatic carbocycles. The van der Waals surface area contributed by atoms with Crippen LogP contribution in [0.1, 0.15) is 16.5 Å². The summed E-state index contributed by atoms with van der Waals surface area (Å²) in [6.45, 7) is 0.191. The van der Waals surface area contributed by atoms with Gasteiger partial charge in [-0.1, -0.05) is 66.7 Å². The lowest BCUT2D eigenvalue weighted by molar-refractivity contribution is -0.144. The molecule has 0 saturated carbocycles. The molecule has 2 unspecified atom stereocenters. The number of rotatable bonds is 6. The fraction of sp³-hybridized carbons (Fsp3) is 0.136. The van der Waals surface area contributed by atoms with Gasteiger partial charge in [0, 0.05) is 5.56 Å². The first-order valence-corrected chi connectivity index (χ1v) is 10.4. The Labute approximate surface area is 167 Å². The van der Waals surface area contributed by atoms with Gasteiger partial charge in [-0.25, -0.2) is 0 Å². The van der Waals surface area contributed by atoms with Gasteiger partial charge >= 0.3 is 5.97 Å². The summed E-state index contributed by atoms with van der Waals surface area (Å²) < 4.78 is 17.2. The van der Waals surface area contributed by atoms with E-state index in [0.717, 1.165) is 21.6 Å². The summed E-state index contributed by atoms with van der Waals surface area (Å²) in [5, 5.41) is -0.877. The van der Waals surface area contributed by atoms with Crippen LogP contribution in [0.3, 0.4) is 0 Å². The maximum absolute atomic E-state index is 12.2. The summed E-state index contributed by atoms with van der Waals surface area (Å²) in [6.07, 6.45) is 1.66. The van der Waals surface area contributed by atoms with Crippen LogP contribution in [0.2, 0.25) is 0 Å². The molecule has 5 heteroatoms. The van der Waals surface area contributed by atoms with Gasteiger partial charge in [0.05, 0.1) is 0 Å². The van der Waals surface area contributed by atoms with Crippen molar-refractivity contribution in [3.63, 3.8) is 0 Å². The number of ether oxygens (including phenoxy) is 1. The highest BCUT2D eigenvalue weighted by Gasteiger charge is 2.20. The summed E-state index contributed by atoms with van der Waals surface area (Å²) >= 11 is 5.20. The number of hydrogen-bond donors (Lipinski definition) is 0. The van der Waals surface area contributed by atoms with Gasteiger partial charge in [0.15, 0.2) is 10.3 Å². The lowest BCUT2D eigenvalue weighted by Crippen LogP contribution is -2.11. The number of esters is 1. The second-order valence-electron chi connectivity index (χ2n) is 6.03. The van der Waals surface area contributed by atoms with Crippen molar-refractivity contribution >= 4 is 28.7 Å². The molecule has 0 saturated heterocycles. The number of carbonyl (C=O) groups is 1. The molecule has 0 radical (unpaired) electrons. The predicted molar refractivity (Wildman–Crippen MR) is 109 cm³/mol. The maximum atomic E-state index is 12.2. The summed E-state index contributed by atoms with van der Waals surface area (Å²) in [7, 11) is 0. The van der Waals surface area contributed by atoms with Gasteiger partial charge in [-0.15, -0.1) is 11.6 Å². The van der Waals surface area contributed by atoms with Crippen molar-refractivity contribution in [2.75, 3.05) is 6.26 Å². The topological polar surface area (TPSA) is 49.4 Å². The molecule has 0 fully saturated rings. The zero-order chi connectivity index (χ0) is 19.2. The first kappa shape index (κ1) is 19.5. The Hall–Kier alpha value is -2.27. The standard InChI is InChI=1S/C22H19ClO3S/c1-27(25)20-10-6-5-9-19(20)17-11-13-18(14-12-17)21(23)22(24)26-15-16-7-3-2-4-8-16/h2-14,21H,15H2,1H3. The van der Waals surface area contributed by atoms with E-state index < -0.39 is 22.5 Å². The third kappa shape index (κ3) is 4.92. The SMILES string of the molecule is C[S+]([O-])c1ccccc1-c1ccc(C(Cl)C(=O)OCc2ccccc2)cc1. The Balaban J connectivity index is 1.70. The molecular formula is C22H19ClO3S. The molecule has 0 aliphatic heterocycles. The number of hydrogen-bond acceptors (Lipinski definition) is 3. The monoisotopic (exact) mass is 398 g/mol. The number of alkyl halides is 1. The molecule has 138 valence electrons. The second-order valence-corrected chi connectivity index (χ2v) is 7.81. The highest BCUT2D eigenvalue weighted by Crippen LogP contribution is 2.30. The Morgan fingerprint density at radius 3 is 2.30 bits per heavy atom. The molecule has 0 spiro atoms. The van der Waals surface area contributed by atoms with Crippen LogP contribution in [0.25, 0.3) is 11.1 Å². The van der Waals surface area contributed by atoms with Crippen molar-refractivity contribution in [2.45, 2.75) is 16.9 Å². The van der Waals surface area contributed by atoms with Crippen LogP contribution in [0.5, 0.6) is 0 Å². The Kier molecular flexibility index (Phi) is 6.56. The molecule has 27 heavy (non-hydrogen) atoms. The first-order valence-electron chi connectivity index (χ1n) is 8.43. The molecule has 0 N–H and O–H groups in total. The molecule has 0 heterocycles. The lowest BCUT2D eigenvalue weighted by Gasteiger charge is -2.13. The largest absolute Gasteiger partial charge is 0.612 e. The number of benzene rings is 3. The second kappa shape index (κ2) is 9.09. The summed E-state index contributed by atoms with van der Waals surface area (Å²) in [4.78, 5) is 13.0. The minimum atomic E-state index is -1.08. The van der Waals surface area contributed by atoms with E-state index in [-0.39, 0.29) is 6.61 Å². The van der Waals surface area contributed by atoms with E-state index in [1.165, 1.54) is 0 Å². The number of halogens is 1. The van der Waals surface area contributed by atoms with Crippen molar-refractivity contribution in [3.8, 4) is 11.1 Å². The van der Waals surface area contributed by atoms with Gasteiger partial charge in [0.25, 0.3) is 0 Å². The molecule has 0 bridgehead atoms. The van der Waals surface area contributed by atoms with E-state index in [0.29, 0.717) is 5.56 Å². The molecule has 3 nitrogen and oxygen atoms in total. The normalized spacial score (nSPS) is 13.0. The van der Waals surface area contributed by atoms with Gasteiger partial charge in [0.1, 0.15) is 12.9 Å². The Bertz CT molecular complexity index is 895. The molecule has 3 rings (SSSR count). The van der Waals surface area contributed by atoms with Crippen molar-refractivity contribution in [1.29, 1.82) is 0 Å². The molecule has 0 aromatic heterocycles. The molecule has 3 aromatic carbocycles. The average molecular weight is 399 g/mol.